The summed E-state index contributed by atoms with van der Waals surface area (Å²) in [4.78, 5) is 0. The average molecular weight is 204 g/mol. The number of allylic oxidation sites excluding steroid dienone is 3. The Morgan fingerprint density at radius 2 is 2.20 bits per heavy atom. The molecule has 0 aliphatic heterocycles. The molecule has 1 saturated carbocycles. The van der Waals surface area contributed by atoms with Crippen molar-refractivity contribution in [3.8, 4) is 0 Å². The molecule has 84 valence electrons. The zero-order chi connectivity index (χ0) is 11.1. The van der Waals surface area contributed by atoms with E-state index in [-0.39, 0.29) is 0 Å². The van der Waals surface area contributed by atoms with E-state index >= 15 is 0 Å². The molecule has 2 rings (SSSR count). The molecule has 0 aromatic rings. The fourth-order valence-electron chi connectivity index (χ4n) is 3.62. The summed E-state index contributed by atoms with van der Waals surface area (Å²) in [6.07, 6.45) is 9.30. The van der Waals surface area contributed by atoms with Gasteiger partial charge in [0, 0.05) is 0 Å². The first kappa shape index (κ1) is 11.0. The molecule has 3 atom stereocenters. The van der Waals surface area contributed by atoms with Gasteiger partial charge < -0.3 is 0 Å². The molecule has 1 fully saturated rings. The largest absolute Gasteiger partial charge is 0.0999 e. The normalized spacial score (nSPS) is 40.6. The topological polar surface area (TPSA) is 0 Å². The van der Waals surface area contributed by atoms with Crippen molar-refractivity contribution in [1.82, 2.24) is 0 Å². The predicted molar refractivity (Wildman–Crippen MR) is 66.7 cm³/mol. The van der Waals surface area contributed by atoms with Crippen LogP contribution in [0.4, 0.5) is 0 Å². The minimum atomic E-state index is 0.602. The summed E-state index contributed by atoms with van der Waals surface area (Å²) in [7, 11) is 0. The quantitative estimate of drug-likeness (QED) is 0.542. The molecule has 0 heteroatoms. The number of fused-ring (bicyclic) bond motifs is 1. The lowest BCUT2D eigenvalue weighted by atomic mass is 9.57. The van der Waals surface area contributed by atoms with Crippen LogP contribution in [0.1, 0.15) is 52.9 Å². The van der Waals surface area contributed by atoms with Crippen molar-refractivity contribution in [2.45, 2.75) is 52.9 Å². The van der Waals surface area contributed by atoms with Crippen molar-refractivity contribution in [2.75, 3.05) is 0 Å². The Hall–Kier alpha value is -0.520. The van der Waals surface area contributed by atoms with Gasteiger partial charge >= 0.3 is 0 Å². The van der Waals surface area contributed by atoms with E-state index in [9.17, 15) is 0 Å². The Bertz CT molecular complexity index is 297. The molecule has 0 aromatic heterocycles. The molecule has 0 unspecified atom stereocenters. The zero-order valence-corrected chi connectivity index (χ0v) is 10.5. The fraction of sp³-hybridized carbons (Fsp3) is 0.733. The Morgan fingerprint density at radius 3 is 2.87 bits per heavy atom. The number of hydrogen-bond donors (Lipinski definition) is 0. The van der Waals surface area contributed by atoms with Crippen LogP contribution in [0, 0.1) is 17.3 Å². The van der Waals surface area contributed by atoms with Gasteiger partial charge in [-0.1, -0.05) is 30.7 Å². The van der Waals surface area contributed by atoms with Crippen LogP contribution in [0.3, 0.4) is 0 Å². The Labute approximate surface area is 94.5 Å². The molecule has 0 nitrogen and oxygen atoms in total. The second kappa shape index (κ2) is 3.81. The van der Waals surface area contributed by atoms with Gasteiger partial charge in [0.2, 0.25) is 0 Å². The third-order valence-electron chi connectivity index (χ3n) is 4.85. The minimum Gasteiger partial charge on any atom is -0.0999 e. The first-order valence-corrected chi connectivity index (χ1v) is 6.35. The van der Waals surface area contributed by atoms with Gasteiger partial charge in [0.15, 0.2) is 0 Å². The van der Waals surface area contributed by atoms with Crippen LogP contribution in [0.25, 0.3) is 0 Å². The van der Waals surface area contributed by atoms with E-state index in [1.807, 2.05) is 0 Å². The Kier molecular flexibility index (Phi) is 2.79. The monoisotopic (exact) mass is 204 g/mol. The summed E-state index contributed by atoms with van der Waals surface area (Å²) in [6.45, 7) is 11.2. The lowest BCUT2D eigenvalue weighted by Gasteiger charge is -2.47. The van der Waals surface area contributed by atoms with Gasteiger partial charge in [-0.05, 0) is 63.2 Å². The van der Waals surface area contributed by atoms with Crippen LogP contribution >= 0.6 is 0 Å². The molecule has 0 amide bonds. The summed E-state index contributed by atoms with van der Waals surface area (Å²) in [5.41, 5.74) is 3.65. The zero-order valence-electron chi connectivity index (χ0n) is 10.5. The summed E-state index contributed by atoms with van der Waals surface area (Å²) >= 11 is 0. The van der Waals surface area contributed by atoms with Crippen molar-refractivity contribution in [3.63, 3.8) is 0 Å². The fourth-order valence-corrected chi connectivity index (χ4v) is 3.62. The molecule has 0 bridgehead atoms. The van der Waals surface area contributed by atoms with Gasteiger partial charge in [0.05, 0.1) is 0 Å². The van der Waals surface area contributed by atoms with Crippen molar-refractivity contribution in [3.05, 3.63) is 23.8 Å². The van der Waals surface area contributed by atoms with Crippen molar-refractivity contribution in [2.24, 2.45) is 17.3 Å². The average Bonchev–Trinajstić information content (AvgIpc) is 2.17. The van der Waals surface area contributed by atoms with Crippen molar-refractivity contribution >= 4 is 0 Å². The molecule has 0 radical (unpaired) electrons. The number of rotatable bonds is 1. The third kappa shape index (κ3) is 1.91. The smallest absolute Gasteiger partial charge is 0.0146 e. The highest BCUT2D eigenvalue weighted by atomic mass is 14.5. The maximum atomic E-state index is 4.14. The predicted octanol–water partition coefficient (Wildman–Crippen LogP) is 4.73. The van der Waals surface area contributed by atoms with Crippen molar-refractivity contribution in [1.29, 1.82) is 0 Å². The second-order valence-corrected chi connectivity index (χ2v) is 6.01. The lowest BCUT2D eigenvalue weighted by molar-refractivity contribution is 0.0981. The summed E-state index contributed by atoms with van der Waals surface area (Å²) < 4.78 is 0. The minimum absolute atomic E-state index is 0.602. The highest BCUT2D eigenvalue weighted by molar-refractivity contribution is 5.16. The number of hydrogen-bond acceptors (Lipinski definition) is 0. The highest BCUT2D eigenvalue weighted by Gasteiger charge is 2.41. The van der Waals surface area contributed by atoms with Crippen LogP contribution < -0.4 is 0 Å². The van der Waals surface area contributed by atoms with Crippen LogP contribution in [0.15, 0.2) is 23.8 Å². The van der Waals surface area contributed by atoms with Crippen LogP contribution in [0.5, 0.6) is 0 Å². The Balaban J connectivity index is 2.19. The highest BCUT2D eigenvalue weighted by Crippen LogP contribution is 2.52. The molecular weight excluding hydrogens is 180 g/mol. The van der Waals surface area contributed by atoms with E-state index in [1.165, 1.54) is 37.7 Å². The van der Waals surface area contributed by atoms with Gasteiger partial charge in [-0.25, -0.2) is 0 Å². The van der Waals surface area contributed by atoms with Gasteiger partial charge in [0.1, 0.15) is 0 Å². The maximum absolute atomic E-state index is 4.14. The molecule has 0 spiro atoms. The van der Waals surface area contributed by atoms with Crippen molar-refractivity contribution < 1.29 is 0 Å². The van der Waals surface area contributed by atoms with Crippen LogP contribution in [0.2, 0.25) is 0 Å². The standard InChI is InChI=1S/C15H24/c1-11(2)13-7-9-15(4)8-5-6-12(3)14(15)10-13/h6,13-14H,1,5,7-10H2,2-4H3/t13-,14-,15-/m1/s1. The molecule has 2 aliphatic carbocycles. The first-order valence-electron chi connectivity index (χ1n) is 6.35. The van der Waals surface area contributed by atoms with E-state index in [2.05, 4.69) is 33.4 Å². The molecular formula is C15H24. The van der Waals surface area contributed by atoms with Gasteiger partial charge in [-0.3, -0.25) is 0 Å². The molecule has 0 aromatic carbocycles. The third-order valence-corrected chi connectivity index (χ3v) is 4.85. The molecule has 2 aliphatic rings. The second-order valence-electron chi connectivity index (χ2n) is 6.01. The van der Waals surface area contributed by atoms with Gasteiger partial charge in [0.25, 0.3) is 0 Å². The first-order chi connectivity index (χ1) is 7.03. The summed E-state index contributed by atoms with van der Waals surface area (Å²) in [5, 5.41) is 0. The van der Waals surface area contributed by atoms with Crippen LogP contribution in [-0.4, -0.2) is 0 Å². The maximum Gasteiger partial charge on any atom is -0.0146 e. The summed E-state index contributed by atoms with van der Waals surface area (Å²) in [6, 6.07) is 0. The van der Waals surface area contributed by atoms with E-state index in [4.69, 9.17) is 0 Å². The van der Waals surface area contributed by atoms with E-state index in [0.717, 1.165) is 11.8 Å². The van der Waals surface area contributed by atoms with Gasteiger partial charge in [-0.15, -0.1) is 0 Å². The molecule has 0 heterocycles. The SMILES string of the molecule is C=C(C)[C@@H]1CC[C@@]2(C)CCC=C(C)[C@H]2C1. The van der Waals surface area contributed by atoms with Gasteiger partial charge in [-0.2, -0.15) is 0 Å². The lowest BCUT2D eigenvalue weighted by Crippen LogP contribution is -2.37. The van der Waals surface area contributed by atoms with E-state index in [1.54, 1.807) is 5.57 Å². The van der Waals surface area contributed by atoms with Crippen LogP contribution in [-0.2, 0) is 0 Å². The van der Waals surface area contributed by atoms with E-state index in [0.29, 0.717) is 5.41 Å². The molecule has 0 saturated heterocycles. The van der Waals surface area contributed by atoms with E-state index < -0.39 is 0 Å². The summed E-state index contributed by atoms with van der Waals surface area (Å²) in [5.74, 6) is 1.62. The molecule has 15 heavy (non-hydrogen) atoms. The Morgan fingerprint density at radius 1 is 1.47 bits per heavy atom. The molecule has 0 N–H and O–H groups in total.